The fourth-order valence-corrected chi connectivity index (χ4v) is 2.60. The number of carbonyl (C=O) groups is 2. The van der Waals surface area contributed by atoms with Crippen molar-refractivity contribution in [2.45, 2.75) is 13.0 Å². The molecule has 15 heavy (non-hydrogen) atoms. The van der Waals surface area contributed by atoms with Crippen molar-refractivity contribution in [3.63, 3.8) is 0 Å². The lowest BCUT2D eigenvalue weighted by atomic mass is 10.1. The van der Waals surface area contributed by atoms with E-state index >= 15 is 0 Å². The van der Waals surface area contributed by atoms with Crippen molar-refractivity contribution >= 4 is 23.4 Å². The SMILES string of the molecule is O=C(O)c1cc2c(s1)CCN(C(=O)O)C2. The molecule has 1 aromatic heterocycles. The Balaban J connectivity index is 2.26. The van der Waals surface area contributed by atoms with Crippen molar-refractivity contribution in [3.05, 3.63) is 21.4 Å². The Hall–Kier alpha value is -1.56. The van der Waals surface area contributed by atoms with Gasteiger partial charge in [0.1, 0.15) is 4.88 Å². The molecule has 0 aliphatic carbocycles. The number of amides is 1. The fourth-order valence-electron chi connectivity index (χ4n) is 1.60. The second-order valence-corrected chi connectivity index (χ2v) is 4.46. The van der Waals surface area contributed by atoms with E-state index < -0.39 is 12.1 Å². The first-order valence-electron chi connectivity index (χ1n) is 4.40. The summed E-state index contributed by atoms with van der Waals surface area (Å²) in [7, 11) is 0. The number of fused-ring (bicyclic) bond motifs is 1. The molecule has 1 aromatic rings. The van der Waals surface area contributed by atoms with Crippen molar-refractivity contribution in [2.75, 3.05) is 6.54 Å². The molecule has 0 spiro atoms. The number of thiophene rings is 1. The van der Waals surface area contributed by atoms with Gasteiger partial charge in [-0.3, -0.25) is 0 Å². The van der Waals surface area contributed by atoms with Gasteiger partial charge in [0.05, 0.1) is 6.54 Å². The summed E-state index contributed by atoms with van der Waals surface area (Å²) in [6.07, 6.45) is -0.344. The predicted molar refractivity (Wildman–Crippen MR) is 53.4 cm³/mol. The van der Waals surface area contributed by atoms with Gasteiger partial charge in [-0.1, -0.05) is 0 Å². The fraction of sp³-hybridized carbons (Fsp3) is 0.333. The van der Waals surface area contributed by atoms with Gasteiger partial charge in [0, 0.05) is 11.4 Å². The average molecular weight is 227 g/mol. The molecule has 2 heterocycles. The third-order valence-electron chi connectivity index (χ3n) is 2.35. The van der Waals surface area contributed by atoms with E-state index in [1.165, 1.54) is 16.2 Å². The smallest absolute Gasteiger partial charge is 0.407 e. The molecular formula is C9H9NO4S. The van der Waals surface area contributed by atoms with Gasteiger partial charge in [0.15, 0.2) is 0 Å². The van der Waals surface area contributed by atoms with Crippen LogP contribution in [-0.4, -0.2) is 33.7 Å². The monoisotopic (exact) mass is 227 g/mol. The van der Waals surface area contributed by atoms with E-state index in [9.17, 15) is 9.59 Å². The largest absolute Gasteiger partial charge is 0.477 e. The van der Waals surface area contributed by atoms with Crippen LogP contribution < -0.4 is 0 Å². The number of aromatic carboxylic acids is 1. The maximum atomic E-state index is 10.7. The van der Waals surface area contributed by atoms with Gasteiger partial charge in [-0.25, -0.2) is 9.59 Å². The van der Waals surface area contributed by atoms with Crippen molar-refractivity contribution in [2.24, 2.45) is 0 Å². The number of nitrogens with zero attached hydrogens (tertiary/aromatic N) is 1. The summed E-state index contributed by atoms with van der Waals surface area (Å²) in [5.74, 6) is -0.948. The molecule has 0 unspecified atom stereocenters. The molecule has 0 radical (unpaired) electrons. The summed E-state index contributed by atoms with van der Waals surface area (Å²) in [6.45, 7) is 0.746. The molecular weight excluding hydrogens is 218 g/mol. The van der Waals surface area contributed by atoms with Crippen LogP contribution in [0.1, 0.15) is 20.1 Å². The minimum Gasteiger partial charge on any atom is -0.477 e. The third kappa shape index (κ3) is 1.80. The normalized spacial score (nSPS) is 14.8. The average Bonchev–Trinajstić information content (AvgIpc) is 2.59. The molecule has 1 aliphatic rings. The molecule has 2 rings (SSSR count). The van der Waals surface area contributed by atoms with Gasteiger partial charge < -0.3 is 15.1 Å². The summed E-state index contributed by atoms with van der Waals surface area (Å²) in [5.41, 5.74) is 0.825. The van der Waals surface area contributed by atoms with Crippen LogP contribution in [-0.2, 0) is 13.0 Å². The lowest BCUT2D eigenvalue weighted by Crippen LogP contribution is -2.33. The van der Waals surface area contributed by atoms with Crippen LogP contribution in [0.15, 0.2) is 6.07 Å². The molecule has 80 valence electrons. The van der Waals surface area contributed by atoms with E-state index in [0.29, 0.717) is 19.5 Å². The van der Waals surface area contributed by atoms with E-state index in [2.05, 4.69) is 0 Å². The lowest BCUT2D eigenvalue weighted by molar-refractivity contribution is 0.0702. The maximum Gasteiger partial charge on any atom is 0.407 e. The zero-order valence-electron chi connectivity index (χ0n) is 7.77. The zero-order chi connectivity index (χ0) is 11.0. The highest BCUT2D eigenvalue weighted by Crippen LogP contribution is 2.28. The quantitative estimate of drug-likeness (QED) is 0.761. The van der Waals surface area contributed by atoms with Crippen LogP contribution in [0, 0.1) is 0 Å². The van der Waals surface area contributed by atoms with E-state index in [0.717, 1.165) is 10.4 Å². The van der Waals surface area contributed by atoms with E-state index in [1.54, 1.807) is 6.07 Å². The molecule has 2 N–H and O–H groups in total. The van der Waals surface area contributed by atoms with Crippen molar-refractivity contribution in [3.8, 4) is 0 Å². The lowest BCUT2D eigenvalue weighted by Gasteiger charge is -2.23. The van der Waals surface area contributed by atoms with Crippen LogP contribution in [0.4, 0.5) is 4.79 Å². The zero-order valence-corrected chi connectivity index (χ0v) is 8.58. The van der Waals surface area contributed by atoms with Crippen molar-refractivity contribution in [1.82, 2.24) is 4.90 Å². The molecule has 0 saturated heterocycles. The first-order valence-corrected chi connectivity index (χ1v) is 5.22. The minimum absolute atomic E-state index is 0.284. The van der Waals surface area contributed by atoms with Gasteiger partial charge in [-0.15, -0.1) is 11.3 Å². The molecule has 6 heteroatoms. The van der Waals surface area contributed by atoms with Crippen LogP contribution in [0.3, 0.4) is 0 Å². The second kappa shape index (κ2) is 3.54. The summed E-state index contributed by atoms with van der Waals surface area (Å²) < 4.78 is 0. The summed E-state index contributed by atoms with van der Waals surface area (Å²) in [6, 6.07) is 1.57. The number of hydrogen-bond acceptors (Lipinski definition) is 3. The maximum absolute atomic E-state index is 10.7. The third-order valence-corrected chi connectivity index (χ3v) is 3.57. The molecule has 5 nitrogen and oxygen atoms in total. The molecule has 0 aromatic carbocycles. The Bertz CT molecular complexity index is 426. The molecule has 1 aliphatic heterocycles. The van der Waals surface area contributed by atoms with E-state index in [-0.39, 0.29) is 4.88 Å². The highest BCUT2D eigenvalue weighted by Gasteiger charge is 2.23. The molecule has 0 saturated carbocycles. The molecule has 0 fully saturated rings. The van der Waals surface area contributed by atoms with Gasteiger partial charge in [0.25, 0.3) is 0 Å². The standard InChI is InChI=1S/C9H9NO4S/c11-8(12)7-3-5-4-10(9(13)14)2-1-6(5)15-7/h3H,1-2,4H2,(H,11,12)(H,13,14). The predicted octanol–water partition coefficient (Wildman–Crippen LogP) is 1.48. The van der Waals surface area contributed by atoms with Crippen LogP contribution in [0.25, 0.3) is 0 Å². The van der Waals surface area contributed by atoms with Crippen molar-refractivity contribution < 1.29 is 19.8 Å². The van der Waals surface area contributed by atoms with E-state index in [1.807, 2.05) is 0 Å². The summed E-state index contributed by atoms with van der Waals surface area (Å²) >= 11 is 1.24. The Morgan fingerprint density at radius 1 is 1.40 bits per heavy atom. The topological polar surface area (TPSA) is 77.8 Å². The van der Waals surface area contributed by atoms with Gasteiger partial charge in [-0.05, 0) is 18.1 Å². The summed E-state index contributed by atoms with van der Waals surface area (Å²) in [4.78, 5) is 24.0. The van der Waals surface area contributed by atoms with Crippen LogP contribution >= 0.6 is 11.3 Å². The van der Waals surface area contributed by atoms with Gasteiger partial charge in [0.2, 0.25) is 0 Å². The Kier molecular flexibility index (Phi) is 2.36. The second-order valence-electron chi connectivity index (χ2n) is 3.32. The summed E-state index contributed by atoms with van der Waals surface area (Å²) in [5, 5.41) is 17.6. The molecule has 0 bridgehead atoms. The Morgan fingerprint density at radius 3 is 2.73 bits per heavy atom. The minimum atomic E-state index is -0.955. The van der Waals surface area contributed by atoms with E-state index in [4.69, 9.17) is 10.2 Å². The Labute approximate surface area is 89.6 Å². The Morgan fingerprint density at radius 2 is 2.13 bits per heavy atom. The van der Waals surface area contributed by atoms with Crippen LogP contribution in [0.5, 0.6) is 0 Å². The van der Waals surface area contributed by atoms with Gasteiger partial charge >= 0.3 is 12.1 Å². The van der Waals surface area contributed by atoms with Crippen LogP contribution in [0.2, 0.25) is 0 Å². The number of hydrogen-bond donors (Lipinski definition) is 2. The highest BCUT2D eigenvalue weighted by molar-refractivity contribution is 7.14. The number of carboxylic acids is 1. The highest BCUT2D eigenvalue weighted by atomic mass is 32.1. The first-order chi connectivity index (χ1) is 7.08. The van der Waals surface area contributed by atoms with Crippen molar-refractivity contribution in [1.29, 1.82) is 0 Å². The van der Waals surface area contributed by atoms with Gasteiger partial charge in [-0.2, -0.15) is 0 Å². The number of carboxylic acid groups (broad SMARTS) is 2. The molecule has 1 amide bonds. The molecule has 0 atom stereocenters. The first kappa shape index (κ1) is 9.97. The number of rotatable bonds is 1.